The van der Waals surface area contributed by atoms with Gasteiger partial charge in [-0.05, 0) is 60.1 Å². The lowest BCUT2D eigenvalue weighted by atomic mass is 9.34. The van der Waals surface area contributed by atoms with Crippen LogP contribution < -0.4 is 0 Å². The van der Waals surface area contributed by atoms with Gasteiger partial charge in [-0.3, -0.25) is 0 Å². The van der Waals surface area contributed by atoms with Crippen molar-refractivity contribution in [1.29, 1.82) is 0 Å². The number of aryl methyl sites for hydroxylation is 1. The summed E-state index contributed by atoms with van der Waals surface area (Å²) >= 11 is 0. The van der Waals surface area contributed by atoms with E-state index in [2.05, 4.69) is 47.6 Å². The van der Waals surface area contributed by atoms with Gasteiger partial charge in [0.25, 0.3) is 0 Å². The normalized spacial score (nSPS) is 30.9. The highest BCUT2D eigenvalue weighted by Crippen LogP contribution is 2.75. The first-order chi connectivity index (χ1) is 11.2. The van der Waals surface area contributed by atoms with Gasteiger partial charge in [0.05, 0.1) is 0 Å². The maximum Gasteiger partial charge on any atom is 0.123 e. The van der Waals surface area contributed by atoms with Crippen LogP contribution in [0, 0.1) is 22.7 Å². The average Bonchev–Trinajstić information content (AvgIpc) is 2.45. The topological polar surface area (TPSA) is 40.5 Å². The predicted octanol–water partition coefficient (Wildman–Crippen LogP) is 5.78. The zero-order chi connectivity index (χ0) is 17.9. The van der Waals surface area contributed by atoms with E-state index in [-0.39, 0.29) is 28.2 Å². The van der Waals surface area contributed by atoms with Crippen molar-refractivity contribution in [2.45, 2.75) is 66.7 Å². The lowest BCUT2D eigenvalue weighted by Gasteiger charge is -2.70. The molecule has 24 heavy (non-hydrogen) atoms. The van der Waals surface area contributed by atoms with Crippen molar-refractivity contribution in [2.24, 2.45) is 22.7 Å². The zero-order valence-electron chi connectivity index (χ0n) is 16.0. The van der Waals surface area contributed by atoms with Crippen LogP contribution in [0.1, 0.15) is 71.4 Å². The summed E-state index contributed by atoms with van der Waals surface area (Å²) in [4.78, 5) is 0. The fraction of sp³-hybridized carbons (Fsp3) is 0.636. The van der Waals surface area contributed by atoms with Gasteiger partial charge in [-0.1, -0.05) is 52.7 Å². The Kier molecular flexibility index (Phi) is 4.01. The number of hydrogen-bond donors (Lipinski definition) is 2. The van der Waals surface area contributed by atoms with Crippen LogP contribution in [0.2, 0.25) is 0 Å². The van der Waals surface area contributed by atoms with Crippen molar-refractivity contribution in [3.63, 3.8) is 0 Å². The lowest BCUT2D eigenvalue weighted by molar-refractivity contribution is -0.157. The maximum absolute atomic E-state index is 10.7. The second-order valence-electron chi connectivity index (χ2n) is 8.86. The standard InChI is InChI=1S/C22H32O2/c1-7-8-15-10-18(23)20(19(24)11-15)16-9-14(4)17-12-22(16,13(2)3)21(17,5)6/h9-11,13,16-17,23-24H,7-8,12H2,1-6H3. The summed E-state index contributed by atoms with van der Waals surface area (Å²) in [7, 11) is 0. The molecule has 3 aliphatic rings. The van der Waals surface area contributed by atoms with E-state index in [0.29, 0.717) is 11.8 Å². The molecule has 3 aliphatic carbocycles. The quantitative estimate of drug-likeness (QED) is 0.688. The van der Waals surface area contributed by atoms with Crippen molar-refractivity contribution in [3.8, 4) is 11.5 Å². The molecule has 0 aliphatic heterocycles. The Balaban J connectivity index is 2.16. The molecule has 1 aromatic rings. The van der Waals surface area contributed by atoms with Crippen LogP contribution in [0.3, 0.4) is 0 Å². The van der Waals surface area contributed by atoms with E-state index in [0.717, 1.165) is 30.4 Å². The molecular formula is C22H32O2. The summed E-state index contributed by atoms with van der Waals surface area (Å²) in [5.74, 6) is 1.71. The molecule has 3 atom stereocenters. The van der Waals surface area contributed by atoms with Gasteiger partial charge in [-0.2, -0.15) is 0 Å². The first-order valence-corrected chi connectivity index (χ1v) is 9.39. The van der Waals surface area contributed by atoms with Gasteiger partial charge >= 0.3 is 0 Å². The third-order valence-electron chi connectivity index (χ3n) is 7.22. The van der Waals surface area contributed by atoms with E-state index in [1.54, 1.807) is 0 Å². The van der Waals surface area contributed by atoms with E-state index in [4.69, 9.17) is 0 Å². The largest absolute Gasteiger partial charge is 0.507 e. The van der Waals surface area contributed by atoms with Gasteiger partial charge in [0, 0.05) is 11.5 Å². The zero-order valence-corrected chi connectivity index (χ0v) is 16.0. The molecule has 132 valence electrons. The molecule has 1 fully saturated rings. The molecule has 0 heterocycles. The number of hydrogen-bond acceptors (Lipinski definition) is 2. The van der Waals surface area contributed by atoms with Gasteiger partial charge in [0.2, 0.25) is 0 Å². The van der Waals surface area contributed by atoms with Crippen molar-refractivity contribution in [2.75, 3.05) is 0 Å². The van der Waals surface area contributed by atoms with Gasteiger partial charge in [-0.15, -0.1) is 0 Å². The van der Waals surface area contributed by atoms with Gasteiger partial charge in [0.1, 0.15) is 11.5 Å². The van der Waals surface area contributed by atoms with E-state index >= 15 is 0 Å². The minimum Gasteiger partial charge on any atom is -0.507 e. The second kappa shape index (κ2) is 5.54. The molecule has 0 amide bonds. The number of benzene rings is 1. The highest BCUT2D eigenvalue weighted by atomic mass is 16.3. The van der Waals surface area contributed by atoms with E-state index in [9.17, 15) is 10.2 Å². The maximum atomic E-state index is 10.7. The van der Waals surface area contributed by atoms with E-state index in [1.165, 1.54) is 5.57 Å². The first kappa shape index (κ1) is 17.4. The van der Waals surface area contributed by atoms with Crippen molar-refractivity contribution in [1.82, 2.24) is 0 Å². The summed E-state index contributed by atoms with van der Waals surface area (Å²) in [5, 5.41) is 21.5. The monoisotopic (exact) mass is 328 g/mol. The smallest absolute Gasteiger partial charge is 0.123 e. The summed E-state index contributed by atoms with van der Waals surface area (Å²) in [6.45, 7) is 13.6. The average molecular weight is 328 g/mol. The number of allylic oxidation sites excluding steroid dienone is 2. The Morgan fingerprint density at radius 1 is 1.17 bits per heavy atom. The molecule has 4 rings (SSSR count). The SMILES string of the molecule is CCCc1cc(O)c(C2C=C(C)C3CC2(C(C)C)C3(C)C)c(O)c1. The van der Waals surface area contributed by atoms with Gasteiger partial charge in [-0.25, -0.2) is 0 Å². The Morgan fingerprint density at radius 2 is 1.75 bits per heavy atom. The molecule has 1 saturated carbocycles. The number of fused-ring (bicyclic) bond motifs is 1. The summed E-state index contributed by atoms with van der Waals surface area (Å²) in [6.07, 6.45) is 5.35. The summed E-state index contributed by atoms with van der Waals surface area (Å²) in [6, 6.07) is 3.71. The number of rotatable bonds is 4. The third kappa shape index (κ3) is 2.08. The molecule has 0 radical (unpaired) electrons. The number of phenolic OH excluding ortho intramolecular Hbond substituents is 2. The van der Waals surface area contributed by atoms with Crippen LogP contribution >= 0.6 is 0 Å². The fourth-order valence-electron chi connectivity index (χ4n) is 5.95. The first-order valence-electron chi connectivity index (χ1n) is 9.39. The Morgan fingerprint density at radius 3 is 2.21 bits per heavy atom. The molecule has 2 N–H and O–H groups in total. The summed E-state index contributed by atoms with van der Waals surface area (Å²) < 4.78 is 0. The highest BCUT2D eigenvalue weighted by molar-refractivity contribution is 5.54. The van der Waals surface area contributed by atoms with Crippen molar-refractivity contribution < 1.29 is 10.2 Å². The van der Waals surface area contributed by atoms with Crippen molar-refractivity contribution in [3.05, 3.63) is 34.9 Å². The molecular weight excluding hydrogens is 296 g/mol. The van der Waals surface area contributed by atoms with Crippen LogP contribution in [0.5, 0.6) is 11.5 Å². The van der Waals surface area contributed by atoms with Gasteiger partial charge < -0.3 is 10.2 Å². The van der Waals surface area contributed by atoms with Crippen LogP contribution in [-0.4, -0.2) is 10.2 Å². The Hall–Kier alpha value is -1.44. The predicted molar refractivity (Wildman–Crippen MR) is 99.4 cm³/mol. The second-order valence-corrected chi connectivity index (χ2v) is 8.86. The number of phenols is 2. The van der Waals surface area contributed by atoms with Crippen LogP contribution in [0.4, 0.5) is 0 Å². The van der Waals surface area contributed by atoms with Gasteiger partial charge in [0.15, 0.2) is 0 Å². The molecule has 1 aromatic carbocycles. The third-order valence-corrected chi connectivity index (χ3v) is 7.22. The van der Waals surface area contributed by atoms with Crippen LogP contribution in [-0.2, 0) is 6.42 Å². The lowest BCUT2D eigenvalue weighted by Crippen LogP contribution is -2.63. The fourth-order valence-corrected chi connectivity index (χ4v) is 5.95. The minimum atomic E-state index is 0.0770. The molecule has 3 unspecified atom stereocenters. The molecule has 2 bridgehead atoms. The molecule has 2 nitrogen and oxygen atoms in total. The molecule has 0 aromatic heterocycles. The summed E-state index contributed by atoms with van der Waals surface area (Å²) in [5.41, 5.74) is 3.43. The van der Waals surface area contributed by atoms with Crippen molar-refractivity contribution >= 4 is 0 Å². The number of aromatic hydroxyl groups is 2. The Labute approximate surface area is 146 Å². The van der Waals surface area contributed by atoms with E-state index < -0.39 is 0 Å². The molecule has 0 spiro atoms. The highest BCUT2D eigenvalue weighted by Gasteiger charge is 2.67. The molecule has 0 saturated heterocycles. The Bertz CT molecular complexity index is 660. The van der Waals surface area contributed by atoms with Crippen LogP contribution in [0.25, 0.3) is 0 Å². The minimum absolute atomic E-state index is 0.0770. The van der Waals surface area contributed by atoms with Crippen LogP contribution in [0.15, 0.2) is 23.8 Å². The molecule has 2 heteroatoms. The van der Waals surface area contributed by atoms with E-state index in [1.807, 2.05) is 12.1 Å².